The lowest BCUT2D eigenvalue weighted by Gasteiger charge is -2.38. The second-order valence-corrected chi connectivity index (χ2v) is 6.84. The maximum absolute atomic E-state index is 12.5. The number of amides is 1. The molecule has 20 heavy (non-hydrogen) atoms. The predicted octanol–water partition coefficient (Wildman–Crippen LogP) is 3.43. The van der Waals surface area contributed by atoms with Gasteiger partial charge in [0, 0.05) is 10.0 Å². The van der Waals surface area contributed by atoms with Crippen molar-refractivity contribution in [2.75, 3.05) is 6.61 Å². The summed E-state index contributed by atoms with van der Waals surface area (Å²) in [7, 11) is 0. The standard InChI is InChI=1S/C16H22BrNO2/c1-11-6-8-16(10-19,9-7-11)18-15(20)13-4-3-5-14(17)12(13)2/h3-5,11,19H,6-10H2,1-2H3,(H,18,20). The fourth-order valence-corrected chi connectivity index (χ4v) is 3.17. The molecule has 0 saturated heterocycles. The molecule has 1 amide bonds. The highest BCUT2D eigenvalue weighted by Gasteiger charge is 2.35. The number of hydrogen-bond donors (Lipinski definition) is 2. The lowest BCUT2D eigenvalue weighted by atomic mass is 9.77. The number of benzene rings is 1. The molecular weight excluding hydrogens is 318 g/mol. The molecule has 4 heteroatoms. The lowest BCUT2D eigenvalue weighted by molar-refractivity contribution is 0.0716. The Labute approximate surface area is 128 Å². The third-order valence-corrected chi connectivity index (χ3v) is 5.28. The van der Waals surface area contributed by atoms with Crippen LogP contribution in [0.2, 0.25) is 0 Å². The maximum atomic E-state index is 12.5. The summed E-state index contributed by atoms with van der Waals surface area (Å²) in [6, 6.07) is 5.61. The van der Waals surface area contributed by atoms with E-state index in [1.807, 2.05) is 25.1 Å². The van der Waals surface area contributed by atoms with Crippen LogP contribution in [0.15, 0.2) is 22.7 Å². The summed E-state index contributed by atoms with van der Waals surface area (Å²) >= 11 is 3.45. The molecule has 0 spiro atoms. The van der Waals surface area contributed by atoms with Crippen LogP contribution in [-0.2, 0) is 0 Å². The topological polar surface area (TPSA) is 49.3 Å². The van der Waals surface area contributed by atoms with Crippen molar-refractivity contribution in [1.29, 1.82) is 0 Å². The Bertz CT molecular complexity index is 493. The smallest absolute Gasteiger partial charge is 0.252 e. The van der Waals surface area contributed by atoms with Crippen LogP contribution in [0.3, 0.4) is 0 Å². The maximum Gasteiger partial charge on any atom is 0.252 e. The highest BCUT2D eigenvalue weighted by molar-refractivity contribution is 9.10. The van der Waals surface area contributed by atoms with Gasteiger partial charge < -0.3 is 10.4 Å². The Morgan fingerprint density at radius 3 is 2.70 bits per heavy atom. The van der Waals surface area contributed by atoms with E-state index in [1.54, 1.807) is 0 Å². The van der Waals surface area contributed by atoms with Crippen LogP contribution < -0.4 is 5.32 Å². The summed E-state index contributed by atoms with van der Waals surface area (Å²) in [6.07, 6.45) is 3.81. The molecule has 1 aliphatic carbocycles. The number of aliphatic hydroxyl groups is 1. The van der Waals surface area contributed by atoms with E-state index >= 15 is 0 Å². The molecule has 0 bridgehead atoms. The van der Waals surface area contributed by atoms with Crippen LogP contribution in [-0.4, -0.2) is 23.2 Å². The number of rotatable bonds is 3. The van der Waals surface area contributed by atoms with E-state index in [0.29, 0.717) is 11.5 Å². The molecule has 0 aliphatic heterocycles. The predicted molar refractivity (Wildman–Crippen MR) is 83.8 cm³/mol. The summed E-state index contributed by atoms with van der Waals surface area (Å²) in [5.74, 6) is 0.589. The van der Waals surface area contributed by atoms with Gasteiger partial charge in [-0.05, 0) is 56.2 Å². The fraction of sp³-hybridized carbons (Fsp3) is 0.562. The quantitative estimate of drug-likeness (QED) is 0.886. The summed E-state index contributed by atoms with van der Waals surface area (Å²) in [5, 5.41) is 12.8. The Morgan fingerprint density at radius 1 is 1.45 bits per heavy atom. The second kappa shape index (κ2) is 6.27. The molecule has 2 rings (SSSR count). The first-order valence-corrected chi connectivity index (χ1v) is 7.95. The first-order chi connectivity index (χ1) is 9.47. The van der Waals surface area contributed by atoms with Crippen LogP contribution in [0.1, 0.15) is 48.5 Å². The van der Waals surface area contributed by atoms with Crippen molar-refractivity contribution in [3.8, 4) is 0 Å². The van der Waals surface area contributed by atoms with Crippen molar-refractivity contribution in [3.63, 3.8) is 0 Å². The highest BCUT2D eigenvalue weighted by atomic mass is 79.9. The van der Waals surface area contributed by atoms with Gasteiger partial charge in [0.05, 0.1) is 12.1 Å². The number of carbonyl (C=O) groups excluding carboxylic acids is 1. The normalized spacial score (nSPS) is 26.3. The molecule has 0 unspecified atom stereocenters. The van der Waals surface area contributed by atoms with E-state index in [-0.39, 0.29) is 12.5 Å². The van der Waals surface area contributed by atoms with Gasteiger partial charge in [0.15, 0.2) is 0 Å². The summed E-state index contributed by atoms with van der Waals surface area (Å²) in [5.41, 5.74) is 1.16. The van der Waals surface area contributed by atoms with Crippen molar-refractivity contribution < 1.29 is 9.90 Å². The summed E-state index contributed by atoms with van der Waals surface area (Å²) < 4.78 is 0.931. The molecule has 1 fully saturated rings. The molecule has 1 aromatic carbocycles. The zero-order valence-electron chi connectivity index (χ0n) is 12.1. The fourth-order valence-electron chi connectivity index (χ4n) is 2.80. The average Bonchev–Trinajstić information content (AvgIpc) is 2.44. The van der Waals surface area contributed by atoms with Crippen molar-refractivity contribution in [1.82, 2.24) is 5.32 Å². The van der Waals surface area contributed by atoms with Gasteiger partial charge >= 0.3 is 0 Å². The van der Waals surface area contributed by atoms with Crippen molar-refractivity contribution in [2.24, 2.45) is 5.92 Å². The zero-order valence-corrected chi connectivity index (χ0v) is 13.7. The van der Waals surface area contributed by atoms with Crippen LogP contribution in [0.4, 0.5) is 0 Å². The average molecular weight is 340 g/mol. The molecular formula is C16H22BrNO2. The first-order valence-electron chi connectivity index (χ1n) is 7.16. The van der Waals surface area contributed by atoms with Crippen molar-refractivity contribution in [3.05, 3.63) is 33.8 Å². The van der Waals surface area contributed by atoms with E-state index in [1.165, 1.54) is 0 Å². The van der Waals surface area contributed by atoms with Crippen molar-refractivity contribution >= 4 is 21.8 Å². The molecule has 110 valence electrons. The second-order valence-electron chi connectivity index (χ2n) is 5.99. The van der Waals surface area contributed by atoms with Crippen LogP contribution in [0.5, 0.6) is 0 Å². The molecule has 1 aliphatic rings. The Hall–Kier alpha value is -0.870. The van der Waals surface area contributed by atoms with Gasteiger partial charge in [0.1, 0.15) is 0 Å². The van der Waals surface area contributed by atoms with Crippen molar-refractivity contribution in [2.45, 2.75) is 45.1 Å². The summed E-state index contributed by atoms with van der Waals surface area (Å²) in [4.78, 5) is 12.5. The van der Waals surface area contributed by atoms with Gasteiger partial charge in [-0.15, -0.1) is 0 Å². The third kappa shape index (κ3) is 3.23. The lowest BCUT2D eigenvalue weighted by Crippen LogP contribution is -2.53. The molecule has 0 atom stereocenters. The number of hydrogen-bond acceptors (Lipinski definition) is 2. The van der Waals surface area contributed by atoms with Crippen LogP contribution in [0.25, 0.3) is 0 Å². The Kier molecular flexibility index (Phi) is 4.86. The molecule has 0 heterocycles. The largest absolute Gasteiger partial charge is 0.394 e. The third-order valence-electron chi connectivity index (χ3n) is 4.43. The summed E-state index contributed by atoms with van der Waals surface area (Å²) in [6.45, 7) is 4.16. The van der Waals surface area contributed by atoms with Gasteiger partial charge in [-0.25, -0.2) is 0 Å². The molecule has 1 saturated carbocycles. The van der Waals surface area contributed by atoms with Gasteiger partial charge in [-0.3, -0.25) is 4.79 Å². The molecule has 2 N–H and O–H groups in total. The number of aliphatic hydroxyl groups excluding tert-OH is 1. The van der Waals surface area contributed by atoms with E-state index < -0.39 is 5.54 Å². The van der Waals surface area contributed by atoms with E-state index in [0.717, 1.165) is 35.7 Å². The minimum Gasteiger partial charge on any atom is -0.394 e. The molecule has 1 aromatic rings. The van der Waals surface area contributed by atoms with Crippen LogP contribution in [0, 0.1) is 12.8 Å². The molecule has 0 aromatic heterocycles. The van der Waals surface area contributed by atoms with Gasteiger partial charge in [0.25, 0.3) is 5.91 Å². The van der Waals surface area contributed by atoms with Crippen LogP contribution >= 0.6 is 15.9 Å². The molecule has 0 radical (unpaired) electrons. The minimum absolute atomic E-state index is 0.0124. The van der Waals surface area contributed by atoms with E-state index in [9.17, 15) is 9.90 Å². The number of carbonyl (C=O) groups is 1. The monoisotopic (exact) mass is 339 g/mol. The molecule has 3 nitrogen and oxygen atoms in total. The SMILES string of the molecule is Cc1c(Br)cccc1C(=O)NC1(CO)CCC(C)CC1. The van der Waals surface area contributed by atoms with Gasteiger partial charge in [0.2, 0.25) is 0 Å². The Balaban J connectivity index is 2.15. The minimum atomic E-state index is -0.446. The van der Waals surface area contributed by atoms with Gasteiger partial charge in [-0.2, -0.15) is 0 Å². The van der Waals surface area contributed by atoms with E-state index in [4.69, 9.17) is 0 Å². The van der Waals surface area contributed by atoms with E-state index in [2.05, 4.69) is 28.2 Å². The van der Waals surface area contributed by atoms with Gasteiger partial charge in [-0.1, -0.05) is 28.9 Å². The number of halogens is 1. The zero-order chi connectivity index (χ0) is 14.8. The first kappa shape index (κ1) is 15.5. The Morgan fingerprint density at radius 2 is 2.10 bits per heavy atom. The number of nitrogens with one attached hydrogen (secondary N) is 1. The highest BCUT2D eigenvalue weighted by Crippen LogP contribution is 2.32.